The quantitative estimate of drug-likeness (QED) is 0.454. The summed E-state index contributed by atoms with van der Waals surface area (Å²) in [6.07, 6.45) is 3.89. The number of pyridine rings is 1. The van der Waals surface area contributed by atoms with Gasteiger partial charge in [-0.15, -0.1) is 0 Å². The van der Waals surface area contributed by atoms with Crippen molar-refractivity contribution in [1.82, 2.24) is 4.98 Å². The van der Waals surface area contributed by atoms with Crippen molar-refractivity contribution in [3.8, 4) is 23.1 Å². The number of fused-ring (bicyclic) bond motifs is 1. The van der Waals surface area contributed by atoms with Crippen molar-refractivity contribution in [3.05, 3.63) is 76.9 Å². The third kappa shape index (κ3) is 4.94. The number of benzene rings is 2. The van der Waals surface area contributed by atoms with Gasteiger partial charge in [0.25, 0.3) is 11.8 Å². The summed E-state index contributed by atoms with van der Waals surface area (Å²) in [7, 11) is 4.61. The summed E-state index contributed by atoms with van der Waals surface area (Å²) in [6.45, 7) is 6.28. The highest BCUT2D eigenvalue weighted by molar-refractivity contribution is 6.08. The number of aromatic nitrogens is 1. The lowest BCUT2D eigenvalue weighted by Crippen LogP contribution is -2.32. The molecule has 0 fully saturated rings. The number of anilines is 1. The van der Waals surface area contributed by atoms with E-state index in [4.69, 9.17) is 18.9 Å². The van der Waals surface area contributed by atoms with Gasteiger partial charge in [-0.1, -0.05) is 29.8 Å². The van der Waals surface area contributed by atoms with E-state index in [9.17, 15) is 4.79 Å². The molecule has 1 aliphatic rings. The van der Waals surface area contributed by atoms with Gasteiger partial charge in [0.05, 0.1) is 39.0 Å². The zero-order valence-electron chi connectivity index (χ0n) is 20.9. The number of carbonyl (C=O) groups is 1. The van der Waals surface area contributed by atoms with E-state index < -0.39 is 5.60 Å². The molecule has 0 aliphatic carbocycles. The van der Waals surface area contributed by atoms with Crippen molar-refractivity contribution in [2.24, 2.45) is 0 Å². The first kappa shape index (κ1) is 24.1. The molecule has 0 bridgehead atoms. The number of hydrogen-bond donors (Lipinski definition) is 0. The van der Waals surface area contributed by atoms with E-state index in [0.717, 1.165) is 16.7 Å². The second-order valence-corrected chi connectivity index (χ2v) is 8.85. The van der Waals surface area contributed by atoms with E-state index in [1.165, 1.54) is 7.11 Å². The summed E-state index contributed by atoms with van der Waals surface area (Å²) in [5.41, 5.74) is 2.80. The van der Waals surface area contributed by atoms with E-state index in [-0.39, 0.29) is 5.91 Å². The third-order valence-electron chi connectivity index (χ3n) is 5.82. The summed E-state index contributed by atoms with van der Waals surface area (Å²) in [4.78, 5) is 20.2. The highest BCUT2D eigenvalue weighted by atomic mass is 16.5. The van der Waals surface area contributed by atoms with Crippen molar-refractivity contribution >= 4 is 17.8 Å². The maximum Gasteiger partial charge on any atom is 0.263 e. The first-order valence-corrected chi connectivity index (χ1v) is 11.3. The second kappa shape index (κ2) is 9.70. The van der Waals surface area contributed by atoms with Gasteiger partial charge < -0.3 is 18.9 Å². The monoisotopic (exact) mass is 474 g/mol. The summed E-state index contributed by atoms with van der Waals surface area (Å²) in [5, 5.41) is 0. The van der Waals surface area contributed by atoms with E-state index in [2.05, 4.69) is 4.98 Å². The van der Waals surface area contributed by atoms with Crippen LogP contribution in [0.4, 0.5) is 5.82 Å². The van der Waals surface area contributed by atoms with Gasteiger partial charge in [0.15, 0.2) is 5.75 Å². The standard InChI is InChI=1S/C28H30N2O5/c1-18-7-9-19(10-8-18)17-30(24-14-13-23(32-4)26(29-24)34-6)27(31)21-11-12-22-20(25(21)33-5)15-16-28(2,3)35-22/h7-16H,17H2,1-6H3. The Morgan fingerprint density at radius 1 is 0.971 bits per heavy atom. The molecule has 2 heterocycles. The first-order chi connectivity index (χ1) is 16.8. The number of rotatable bonds is 7. The number of ether oxygens (including phenoxy) is 4. The Balaban J connectivity index is 1.80. The minimum absolute atomic E-state index is 0.261. The number of aryl methyl sites for hydroxylation is 1. The Morgan fingerprint density at radius 2 is 1.71 bits per heavy atom. The number of carbonyl (C=O) groups excluding carboxylic acids is 1. The topological polar surface area (TPSA) is 70.1 Å². The molecular weight excluding hydrogens is 444 g/mol. The van der Waals surface area contributed by atoms with E-state index in [0.29, 0.717) is 41.1 Å². The summed E-state index contributed by atoms with van der Waals surface area (Å²) >= 11 is 0. The molecule has 3 aromatic rings. The van der Waals surface area contributed by atoms with E-state index in [1.807, 2.05) is 63.3 Å². The van der Waals surface area contributed by atoms with Gasteiger partial charge in [0.2, 0.25) is 0 Å². The lowest BCUT2D eigenvalue weighted by atomic mass is 9.99. The van der Waals surface area contributed by atoms with Crippen LogP contribution >= 0.6 is 0 Å². The van der Waals surface area contributed by atoms with Crippen LogP contribution in [0.2, 0.25) is 0 Å². The fourth-order valence-electron chi connectivity index (χ4n) is 3.97. The minimum Gasteiger partial charge on any atom is -0.495 e. The summed E-state index contributed by atoms with van der Waals surface area (Å²) in [6, 6.07) is 15.1. The Kier molecular flexibility index (Phi) is 6.69. The Labute approximate surface area is 205 Å². The maximum absolute atomic E-state index is 14.0. The summed E-state index contributed by atoms with van der Waals surface area (Å²) < 4.78 is 22.5. The predicted octanol–water partition coefficient (Wildman–Crippen LogP) is 5.45. The van der Waals surface area contributed by atoms with Crippen LogP contribution in [-0.2, 0) is 6.54 Å². The fourth-order valence-corrected chi connectivity index (χ4v) is 3.97. The maximum atomic E-state index is 14.0. The lowest BCUT2D eigenvalue weighted by Gasteiger charge is -2.30. The highest BCUT2D eigenvalue weighted by Gasteiger charge is 2.29. The number of methoxy groups -OCH3 is 3. The Bertz CT molecular complexity index is 1270. The molecule has 0 saturated heterocycles. The summed E-state index contributed by atoms with van der Waals surface area (Å²) in [5.74, 6) is 2.07. The van der Waals surface area contributed by atoms with Crippen LogP contribution in [0.15, 0.2) is 54.6 Å². The largest absolute Gasteiger partial charge is 0.495 e. The normalized spacial score (nSPS) is 13.4. The second-order valence-electron chi connectivity index (χ2n) is 8.85. The smallest absolute Gasteiger partial charge is 0.263 e. The molecule has 0 radical (unpaired) electrons. The molecule has 0 saturated carbocycles. The molecule has 35 heavy (non-hydrogen) atoms. The van der Waals surface area contributed by atoms with Crippen LogP contribution in [0.25, 0.3) is 6.08 Å². The molecule has 0 N–H and O–H groups in total. The lowest BCUT2D eigenvalue weighted by molar-refractivity contribution is 0.0981. The Morgan fingerprint density at radius 3 is 2.37 bits per heavy atom. The van der Waals surface area contributed by atoms with Gasteiger partial charge in [-0.3, -0.25) is 9.69 Å². The first-order valence-electron chi connectivity index (χ1n) is 11.3. The molecule has 1 amide bonds. The van der Waals surface area contributed by atoms with Gasteiger partial charge in [0.1, 0.15) is 22.9 Å². The van der Waals surface area contributed by atoms with E-state index >= 15 is 0 Å². The van der Waals surface area contributed by atoms with Crippen LogP contribution in [0.1, 0.15) is 40.9 Å². The van der Waals surface area contributed by atoms with Gasteiger partial charge in [-0.05, 0) is 62.8 Å². The molecule has 1 aromatic heterocycles. The van der Waals surface area contributed by atoms with Crippen LogP contribution in [0.3, 0.4) is 0 Å². The molecular formula is C28H30N2O5. The number of hydrogen-bond acceptors (Lipinski definition) is 6. The van der Waals surface area contributed by atoms with Crippen molar-refractivity contribution in [2.75, 3.05) is 26.2 Å². The van der Waals surface area contributed by atoms with Crippen LogP contribution in [0.5, 0.6) is 23.1 Å². The zero-order chi connectivity index (χ0) is 25.2. The van der Waals surface area contributed by atoms with Crippen molar-refractivity contribution in [3.63, 3.8) is 0 Å². The molecule has 4 rings (SSSR count). The average Bonchev–Trinajstić information content (AvgIpc) is 2.86. The number of nitrogens with zero attached hydrogens (tertiary/aromatic N) is 2. The van der Waals surface area contributed by atoms with Crippen molar-refractivity contribution < 1.29 is 23.7 Å². The van der Waals surface area contributed by atoms with Gasteiger partial charge in [0, 0.05) is 0 Å². The minimum atomic E-state index is -0.440. The van der Waals surface area contributed by atoms with E-state index in [1.54, 1.807) is 37.3 Å². The molecule has 7 nitrogen and oxygen atoms in total. The number of amides is 1. The zero-order valence-corrected chi connectivity index (χ0v) is 20.9. The van der Waals surface area contributed by atoms with Crippen LogP contribution in [-0.4, -0.2) is 37.8 Å². The highest BCUT2D eigenvalue weighted by Crippen LogP contribution is 2.40. The third-order valence-corrected chi connectivity index (χ3v) is 5.82. The van der Waals surface area contributed by atoms with Gasteiger partial charge in [-0.2, -0.15) is 4.98 Å². The van der Waals surface area contributed by atoms with Crippen molar-refractivity contribution in [2.45, 2.75) is 32.9 Å². The van der Waals surface area contributed by atoms with Gasteiger partial charge >= 0.3 is 0 Å². The predicted molar refractivity (Wildman–Crippen MR) is 136 cm³/mol. The van der Waals surface area contributed by atoms with Crippen LogP contribution < -0.4 is 23.8 Å². The Hall–Kier alpha value is -4.00. The molecule has 0 unspecified atom stereocenters. The molecule has 0 spiro atoms. The molecule has 2 aromatic carbocycles. The molecule has 7 heteroatoms. The average molecular weight is 475 g/mol. The molecule has 1 aliphatic heterocycles. The van der Waals surface area contributed by atoms with Gasteiger partial charge in [-0.25, -0.2) is 0 Å². The molecule has 182 valence electrons. The fraction of sp³-hybridized carbons (Fsp3) is 0.286. The SMILES string of the molecule is COc1ccc(N(Cc2ccc(C)cc2)C(=O)c2ccc3c(c2OC)C=CC(C)(C)O3)nc1OC. The molecule has 0 atom stereocenters. The van der Waals surface area contributed by atoms with Crippen LogP contribution in [0, 0.1) is 6.92 Å². The van der Waals surface area contributed by atoms with Crippen molar-refractivity contribution in [1.29, 1.82) is 0 Å².